The largest absolute Gasteiger partial charge is 1.00 e. The van der Waals surface area contributed by atoms with Crippen LogP contribution in [0.15, 0.2) is 11.8 Å². The molecule has 0 aliphatic carbocycles. The fraction of sp³-hybridized carbons (Fsp3) is 0. The summed E-state index contributed by atoms with van der Waals surface area (Å²) < 4.78 is 0. The smallest absolute Gasteiger partial charge is 0.867 e. The Balaban J connectivity index is 0. The van der Waals surface area contributed by atoms with E-state index >= 15 is 0 Å². The van der Waals surface area contributed by atoms with Crippen LogP contribution in [-0.4, -0.2) is 11.1 Å². The number of allylic oxidation sites excluding steroid dienone is 1. The van der Waals surface area contributed by atoms with E-state index in [1.807, 2.05) is 0 Å². The van der Waals surface area contributed by atoms with Gasteiger partial charge in [0, 0.05) is 6.08 Å². The van der Waals surface area contributed by atoms with Crippen LogP contribution in [-0.2, 0) is 4.79 Å². The average molecular weight is 151 g/mol. The predicted octanol–water partition coefficient (Wildman–Crippen LogP) is -4.16. The molecule has 0 aromatic carbocycles. The number of carboxylic acids is 1. The van der Waals surface area contributed by atoms with Crippen LogP contribution in [0.4, 0.5) is 0 Å². The summed E-state index contributed by atoms with van der Waals surface area (Å²) in [6.07, 6.45) is 0.433. The van der Waals surface area contributed by atoms with Crippen LogP contribution in [0.25, 0.3) is 0 Å². The van der Waals surface area contributed by atoms with Crippen molar-refractivity contribution in [3.8, 4) is 6.07 Å². The molecule has 0 radical (unpaired) electrons. The van der Waals surface area contributed by atoms with E-state index in [9.17, 15) is 9.90 Å². The first-order chi connectivity index (χ1) is 3.68. The summed E-state index contributed by atoms with van der Waals surface area (Å²) in [5.41, 5.74) is 0. The van der Waals surface area contributed by atoms with E-state index in [0.717, 1.165) is 0 Å². The van der Waals surface area contributed by atoms with Crippen LogP contribution >= 0.6 is 0 Å². The molecule has 0 spiro atoms. The maximum Gasteiger partial charge on any atom is 1.00 e. The number of hydrogen-bond acceptors (Lipinski definition) is 3. The molecule has 0 rings (SSSR count). The molecule has 0 atom stereocenters. The van der Waals surface area contributed by atoms with E-state index in [-0.39, 0.29) is 51.4 Å². The van der Waals surface area contributed by atoms with Gasteiger partial charge in [0.15, 0.2) is 0 Å². The summed E-state index contributed by atoms with van der Waals surface area (Å²) in [5.74, 6) is -2.79. The maximum absolute atomic E-state index is 9.87. The number of hydrogen-bond donors (Lipinski definition) is 1. The average Bonchev–Trinajstić information content (AvgIpc) is 1.67. The molecule has 0 aliphatic rings. The first-order valence-corrected chi connectivity index (χ1v) is 1.68. The third kappa shape index (κ3) is 6.02. The molecular formula is C4H2KNO3. The van der Waals surface area contributed by atoms with Gasteiger partial charge in [-0.1, -0.05) is 0 Å². The first-order valence-electron chi connectivity index (χ1n) is 1.68. The zero-order chi connectivity index (χ0) is 6.57. The second-order valence-corrected chi connectivity index (χ2v) is 0.943. The molecule has 0 saturated carbocycles. The molecule has 0 unspecified atom stereocenters. The second-order valence-electron chi connectivity index (χ2n) is 0.943. The van der Waals surface area contributed by atoms with E-state index < -0.39 is 11.7 Å². The van der Waals surface area contributed by atoms with Gasteiger partial charge >= 0.3 is 57.4 Å². The van der Waals surface area contributed by atoms with Crippen LogP contribution in [0.5, 0.6) is 0 Å². The van der Waals surface area contributed by atoms with E-state index in [1.54, 1.807) is 0 Å². The van der Waals surface area contributed by atoms with E-state index in [0.29, 0.717) is 6.08 Å². The van der Waals surface area contributed by atoms with Gasteiger partial charge in [0.05, 0.1) is 6.07 Å². The van der Waals surface area contributed by atoms with Gasteiger partial charge in [-0.05, 0) is 5.76 Å². The van der Waals surface area contributed by atoms with Crippen LogP contribution in [0, 0.1) is 11.3 Å². The quantitative estimate of drug-likeness (QED) is 0.178. The third-order valence-electron chi connectivity index (χ3n) is 0.406. The Labute approximate surface area is 94.2 Å². The van der Waals surface area contributed by atoms with Crippen molar-refractivity contribution >= 4 is 5.97 Å². The Morgan fingerprint density at radius 3 is 2.33 bits per heavy atom. The molecule has 4 nitrogen and oxygen atoms in total. The van der Waals surface area contributed by atoms with Crippen molar-refractivity contribution in [2.45, 2.75) is 0 Å². The molecule has 1 N–H and O–H groups in total. The van der Waals surface area contributed by atoms with Gasteiger partial charge in [-0.2, -0.15) is 5.26 Å². The van der Waals surface area contributed by atoms with Crippen molar-refractivity contribution < 1.29 is 66.4 Å². The number of aliphatic carboxylic acids is 1. The molecule has 0 aromatic heterocycles. The number of carboxylic acid groups (broad SMARTS) is 1. The minimum absolute atomic E-state index is 0. The Kier molecular flexibility index (Phi) is 8.26. The minimum Gasteiger partial charge on any atom is -0.867 e. The summed E-state index contributed by atoms with van der Waals surface area (Å²) in [4.78, 5) is 9.56. The van der Waals surface area contributed by atoms with Crippen LogP contribution < -0.4 is 56.5 Å². The maximum atomic E-state index is 9.87. The second kappa shape index (κ2) is 6.26. The van der Waals surface area contributed by atoms with Gasteiger partial charge < -0.3 is 10.2 Å². The van der Waals surface area contributed by atoms with Crippen LogP contribution in [0.1, 0.15) is 0 Å². The van der Waals surface area contributed by atoms with Crippen molar-refractivity contribution in [3.05, 3.63) is 11.8 Å². The van der Waals surface area contributed by atoms with Crippen LogP contribution in [0.2, 0.25) is 0 Å². The fourth-order valence-corrected chi connectivity index (χ4v) is 0.120. The molecule has 0 saturated heterocycles. The Morgan fingerprint density at radius 1 is 1.78 bits per heavy atom. The first kappa shape index (κ1) is 11.9. The monoisotopic (exact) mass is 151 g/mol. The van der Waals surface area contributed by atoms with Gasteiger partial charge in [-0.3, -0.25) is 0 Å². The number of nitrogens with zero attached hydrogens (tertiary/aromatic N) is 1. The molecule has 0 aliphatic heterocycles. The van der Waals surface area contributed by atoms with Crippen molar-refractivity contribution in [1.82, 2.24) is 0 Å². The van der Waals surface area contributed by atoms with Gasteiger partial charge in [0.25, 0.3) is 0 Å². The molecule has 0 heterocycles. The summed E-state index contributed by atoms with van der Waals surface area (Å²) in [6.45, 7) is 0. The Morgan fingerprint density at radius 2 is 2.22 bits per heavy atom. The summed E-state index contributed by atoms with van der Waals surface area (Å²) in [5, 5.41) is 25.3. The zero-order valence-corrected chi connectivity index (χ0v) is 7.91. The van der Waals surface area contributed by atoms with Crippen molar-refractivity contribution in [2.75, 3.05) is 0 Å². The standard InChI is InChI=1S/C4H3NO3.K/c5-2-1-3(6)4(7)8;/h1,6H,(H,7,8);/q;+1/p-1. The van der Waals surface area contributed by atoms with Crippen LogP contribution in [0.3, 0.4) is 0 Å². The molecule has 0 aromatic rings. The topological polar surface area (TPSA) is 84.1 Å². The summed E-state index contributed by atoms with van der Waals surface area (Å²) in [7, 11) is 0. The zero-order valence-electron chi connectivity index (χ0n) is 4.79. The predicted molar refractivity (Wildman–Crippen MR) is 21.3 cm³/mol. The van der Waals surface area contributed by atoms with E-state index in [1.165, 1.54) is 6.07 Å². The molecule has 5 heteroatoms. The van der Waals surface area contributed by atoms with Gasteiger partial charge in [-0.25, -0.2) is 4.79 Å². The van der Waals surface area contributed by atoms with Gasteiger partial charge in [-0.15, -0.1) is 0 Å². The van der Waals surface area contributed by atoms with Gasteiger partial charge in [0.1, 0.15) is 0 Å². The van der Waals surface area contributed by atoms with E-state index in [4.69, 9.17) is 10.4 Å². The van der Waals surface area contributed by atoms with Crippen molar-refractivity contribution in [3.63, 3.8) is 0 Å². The Bertz CT molecular complexity index is 169. The van der Waals surface area contributed by atoms with Gasteiger partial charge in [0.2, 0.25) is 0 Å². The SMILES string of the molecule is N#CC=C([O-])C(=O)O.[K+]. The molecule has 42 valence electrons. The molecule has 9 heavy (non-hydrogen) atoms. The molecule has 0 amide bonds. The Hall–Kier alpha value is 0.136. The van der Waals surface area contributed by atoms with Crippen molar-refractivity contribution in [2.24, 2.45) is 0 Å². The normalized spacial score (nSPS) is 9.00. The number of rotatable bonds is 1. The number of nitriles is 1. The third-order valence-corrected chi connectivity index (χ3v) is 0.406. The summed E-state index contributed by atoms with van der Waals surface area (Å²) in [6, 6.07) is 1.29. The van der Waals surface area contributed by atoms with E-state index in [2.05, 4.69) is 0 Å². The number of carbonyl (C=O) groups is 1. The fourth-order valence-electron chi connectivity index (χ4n) is 0.120. The van der Waals surface area contributed by atoms with Crippen molar-refractivity contribution in [1.29, 1.82) is 5.26 Å². The molecule has 0 bridgehead atoms. The minimum atomic E-state index is -1.61. The summed E-state index contributed by atoms with van der Waals surface area (Å²) >= 11 is 0. The molecule has 0 fully saturated rings. The molecular weight excluding hydrogens is 149 g/mol.